The lowest BCUT2D eigenvalue weighted by Gasteiger charge is -2.31. The number of nitrogens with zero attached hydrogens (tertiary/aromatic N) is 1. The number of ether oxygens (including phenoxy) is 2. The summed E-state index contributed by atoms with van der Waals surface area (Å²) in [5.74, 6) is -1.70. The summed E-state index contributed by atoms with van der Waals surface area (Å²) < 4.78 is 10.8. The SMILES string of the molecule is C=CC[C@H](CC(=O)NC1(CO)CCCC1)C(=O)N1CCC[C@H]1COC(=O)[C@@H](CC=C)NC(=O)OCc1ccccc1. The molecule has 2 aliphatic rings. The van der Waals surface area contributed by atoms with Crippen LogP contribution in [0.5, 0.6) is 0 Å². The monoisotopic (exact) mass is 569 g/mol. The van der Waals surface area contributed by atoms with Crippen molar-refractivity contribution < 1.29 is 33.8 Å². The first-order valence-electron chi connectivity index (χ1n) is 14.4. The van der Waals surface area contributed by atoms with E-state index in [1.54, 1.807) is 11.0 Å². The minimum atomic E-state index is -0.979. The van der Waals surface area contributed by atoms with E-state index < -0.39 is 29.6 Å². The van der Waals surface area contributed by atoms with Gasteiger partial charge in [-0.25, -0.2) is 9.59 Å². The third-order valence-corrected chi connectivity index (χ3v) is 7.77. The van der Waals surface area contributed by atoms with Gasteiger partial charge in [0.2, 0.25) is 11.8 Å². The molecule has 2 fully saturated rings. The van der Waals surface area contributed by atoms with Crippen molar-refractivity contribution >= 4 is 23.9 Å². The average molecular weight is 570 g/mol. The zero-order chi connectivity index (χ0) is 29.7. The van der Waals surface area contributed by atoms with Crippen LogP contribution in [0.25, 0.3) is 0 Å². The highest BCUT2D eigenvalue weighted by Gasteiger charge is 2.38. The van der Waals surface area contributed by atoms with Crippen LogP contribution in [0.4, 0.5) is 4.79 Å². The van der Waals surface area contributed by atoms with Crippen molar-refractivity contribution in [2.24, 2.45) is 5.92 Å². The smallest absolute Gasteiger partial charge is 0.408 e. The molecule has 1 aromatic rings. The van der Waals surface area contributed by atoms with Crippen LogP contribution in [-0.4, -0.2) is 71.3 Å². The zero-order valence-electron chi connectivity index (χ0n) is 23.7. The number of alkyl carbamates (subject to hydrolysis) is 1. The van der Waals surface area contributed by atoms with Gasteiger partial charge in [-0.1, -0.05) is 55.3 Å². The van der Waals surface area contributed by atoms with Crippen molar-refractivity contribution in [3.8, 4) is 0 Å². The number of amides is 3. The number of benzene rings is 1. The summed E-state index contributed by atoms with van der Waals surface area (Å²) in [6.45, 7) is 7.82. The maximum Gasteiger partial charge on any atom is 0.408 e. The largest absolute Gasteiger partial charge is 0.462 e. The van der Waals surface area contributed by atoms with E-state index in [4.69, 9.17) is 9.47 Å². The summed E-state index contributed by atoms with van der Waals surface area (Å²) in [4.78, 5) is 53.2. The number of rotatable bonds is 15. The molecule has 10 nitrogen and oxygen atoms in total. The average Bonchev–Trinajstić information content (AvgIpc) is 3.64. The molecule has 41 heavy (non-hydrogen) atoms. The van der Waals surface area contributed by atoms with Crippen LogP contribution in [0.2, 0.25) is 0 Å². The summed E-state index contributed by atoms with van der Waals surface area (Å²) in [6.07, 6.45) is 7.59. The predicted octanol–water partition coefficient (Wildman–Crippen LogP) is 3.40. The Morgan fingerprint density at radius 2 is 1.76 bits per heavy atom. The Morgan fingerprint density at radius 3 is 2.41 bits per heavy atom. The number of carbonyl (C=O) groups is 4. The van der Waals surface area contributed by atoms with Gasteiger partial charge >= 0.3 is 12.1 Å². The first kappa shape index (κ1) is 31.9. The highest BCUT2D eigenvalue weighted by Crippen LogP contribution is 2.30. The molecule has 1 aliphatic heterocycles. The lowest BCUT2D eigenvalue weighted by atomic mass is 9.95. The summed E-state index contributed by atoms with van der Waals surface area (Å²) in [5.41, 5.74) is 0.211. The Labute approximate surface area is 242 Å². The minimum absolute atomic E-state index is 0.00790. The molecular weight excluding hydrogens is 526 g/mol. The normalized spacial score (nSPS) is 19.0. The lowest BCUT2D eigenvalue weighted by molar-refractivity contribution is -0.150. The summed E-state index contributed by atoms with van der Waals surface area (Å²) in [6, 6.07) is 7.86. The van der Waals surface area contributed by atoms with Crippen LogP contribution >= 0.6 is 0 Å². The number of aliphatic hydroxyl groups is 1. The number of aliphatic hydroxyl groups excluding tert-OH is 1. The van der Waals surface area contributed by atoms with Crippen molar-refractivity contribution in [1.82, 2.24) is 15.5 Å². The van der Waals surface area contributed by atoms with Crippen LogP contribution in [-0.2, 0) is 30.5 Å². The molecule has 1 saturated heterocycles. The number of hydrogen-bond donors (Lipinski definition) is 3. The van der Waals surface area contributed by atoms with Crippen molar-refractivity contribution in [2.45, 2.75) is 82.0 Å². The summed E-state index contributed by atoms with van der Waals surface area (Å²) >= 11 is 0. The van der Waals surface area contributed by atoms with Gasteiger partial charge in [0.25, 0.3) is 0 Å². The van der Waals surface area contributed by atoms with Crippen molar-refractivity contribution in [2.75, 3.05) is 19.8 Å². The number of likely N-dealkylation sites (tertiary alicyclic amines) is 1. The molecule has 1 aromatic carbocycles. The summed E-state index contributed by atoms with van der Waals surface area (Å²) in [5, 5.41) is 15.3. The molecule has 10 heteroatoms. The van der Waals surface area contributed by atoms with Crippen LogP contribution < -0.4 is 10.6 Å². The van der Waals surface area contributed by atoms with E-state index in [1.165, 1.54) is 6.08 Å². The standard InChI is InChI=1S/C31H43N3O7/c1-3-11-24(19-27(36)33-31(22-35)16-8-9-17-31)28(37)34-18-10-15-25(34)21-40-29(38)26(12-4-2)32-30(39)41-20-23-13-6-5-7-14-23/h3-7,13-14,24-26,35H,1-2,8-12,15-22H2,(H,32,39)(H,33,36)/t24-,25+,26-/m1/s1. The van der Waals surface area contributed by atoms with Gasteiger partial charge in [0, 0.05) is 13.0 Å². The first-order chi connectivity index (χ1) is 19.8. The molecule has 0 aromatic heterocycles. The molecule has 0 unspecified atom stereocenters. The molecule has 1 heterocycles. The fourth-order valence-electron chi connectivity index (χ4n) is 5.52. The topological polar surface area (TPSA) is 134 Å². The second-order valence-electron chi connectivity index (χ2n) is 10.9. The van der Waals surface area contributed by atoms with Gasteiger partial charge in [-0.2, -0.15) is 0 Å². The van der Waals surface area contributed by atoms with E-state index in [0.29, 0.717) is 19.4 Å². The third kappa shape index (κ3) is 9.45. The summed E-state index contributed by atoms with van der Waals surface area (Å²) in [7, 11) is 0. The second-order valence-corrected chi connectivity index (χ2v) is 10.9. The number of carbonyl (C=O) groups excluding carboxylic acids is 4. The van der Waals surface area contributed by atoms with Gasteiger partial charge in [-0.05, 0) is 44.1 Å². The lowest BCUT2D eigenvalue weighted by Crippen LogP contribution is -2.50. The Balaban J connectivity index is 1.53. The Kier molecular flexibility index (Phi) is 12.4. The van der Waals surface area contributed by atoms with Crippen molar-refractivity contribution in [3.05, 3.63) is 61.2 Å². The third-order valence-electron chi connectivity index (χ3n) is 7.77. The van der Waals surface area contributed by atoms with Crippen LogP contribution in [0.15, 0.2) is 55.6 Å². The first-order valence-corrected chi connectivity index (χ1v) is 14.4. The van der Waals surface area contributed by atoms with Gasteiger partial charge < -0.3 is 30.1 Å². The number of esters is 1. The maximum atomic E-state index is 13.5. The van der Waals surface area contributed by atoms with E-state index in [2.05, 4.69) is 23.8 Å². The number of nitrogens with one attached hydrogen (secondary N) is 2. The fourth-order valence-corrected chi connectivity index (χ4v) is 5.52. The van der Waals surface area contributed by atoms with Gasteiger partial charge in [-0.15, -0.1) is 13.2 Å². The number of allylic oxidation sites excluding steroid dienone is 1. The highest BCUT2D eigenvalue weighted by molar-refractivity contribution is 5.87. The Hall–Kier alpha value is -3.66. The van der Waals surface area contributed by atoms with Gasteiger partial charge in [0.15, 0.2) is 0 Å². The second kappa shape index (κ2) is 16.0. The van der Waals surface area contributed by atoms with E-state index in [1.807, 2.05) is 30.3 Å². The molecule has 0 spiro atoms. The van der Waals surface area contributed by atoms with Gasteiger partial charge in [0.1, 0.15) is 19.3 Å². The van der Waals surface area contributed by atoms with E-state index in [0.717, 1.165) is 37.7 Å². The zero-order valence-corrected chi connectivity index (χ0v) is 23.7. The molecule has 0 bridgehead atoms. The molecule has 1 aliphatic carbocycles. The fraction of sp³-hybridized carbons (Fsp3) is 0.548. The molecule has 1 saturated carbocycles. The molecule has 224 valence electrons. The molecule has 3 N–H and O–H groups in total. The quantitative estimate of drug-likeness (QED) is 0.218. The molecule has 3 rings (SSSR count). The predicted molar refractivity (Wildman–Crippen MR) is 153 cm³/mol. The highest BCUT2D eigenvalue weighted by atomic mass is 16.6. The van der Waals surface area contributed by atoms with Crippen LogP contribution in [0.1, 0.15) is 63.4 Å². The van der Waals surface area contributed by atoms with E-state index >= 15 is 0 Å². The molecule has 0 radical (unpaired) electrons. The van der Waals surface area contributed by atoms with Crippen molar-refractivity contribution in [1.29, 1.82) is 0 Å². The van der Waals surface area contributed by atoms with Crippen LogP contribution in [0.3, 0.4) is 0 Å². The van der Waals surface area contributed by atoms with Gasteiger partial charge in [-0.3, -0.25) is 9.59 Å². The Bertz CT molecular complexity index is 1060. The van der Waals surface area contributed by atoms with Gasteiger partial charge in [0.05, 0.1) is 24.1 Å². The van der Waals surface area contributed by atoms with E-state index in [9.17, 15) is 24.3 Å². The molecular formula is C31H43N3O7. The Morgan fingerprint density at radius 1 is 1.05 bits per heavy atom. The number of hydrogen-bond acceptors (Lipinski definition) is 7. The van der Waals surface area contributed by atoms with E-state index in [-0.39, 0.29) is 50.5 Å². The van der Waals surface area contributed by atoms with Crippen LogP contribution in [0, 0.1) is 5.92 Å². The maximum absolute atomic E-state index is 13.5. The van der Waals surface area contributed by atoms with Crippen molar-refractivity contribution in [3.63, 3.8) is 0 Å². The molecule has 3 amide bonds. The minimum Gasteiger partial charge on any atom is -0.462 e. The molecule has 3 atom stereocenters.